The van der Waals surface area contributed by atoms with Crippen molar-refractivity contribution in [2.75, 3.05) is 13.2 Å². The van der Waals surface area contributed by atoms with Crippen LogP contribution in [-0.2, 0) is 14.3 Å². The van der Waals surface area contributed by atoms with E-state index in [9.17, 15) is 19.8 Å². The van der Waals surface area contributed by atoms with Crippen molar-refractivity contribution in [1.29, 1.82) is 0 Å². The number of nitrogens with one attached hydrogen (secondary N) is 1. The first-order chi connectivity index (χ1) is 36.5. The molecule has 6 heteroatoms. The lowest BCUT2D eigenvalue weighted by molar-refractivity contribution is -0.143. The molecule has 0 saturated heterocycles. The number of amides is 1. The second-order valence-corrected chi connectivity index (χ2v) is 23.2. The molecule has 0 aromatic carbocycles. The van der Waals surface area contributed by atoms with Crippen LogP contribution in [-0.4, -0.2) is 47.4 Å². The molecule has 0 fully saturated rings. The first kappa shape index (κ1) is 72.3. The minimum atomic E-state index is -0.660. The Kier molecular flexibility index (Phi) is 62.4. The Morgan fingerprint density at radius 2 is 0.676 bits per heavy atom. The molecule has 6 nitrogen and oxygen atoms in total. The highest BCUT2D eigenvalue weighted by Gasteiger charge is 2.20. The van der Waals surface area contributed by atoms with Gasteiger partial charge in [-0.25, -0.2) is 0 Å². The van der Waals surface area contributed by atoms with E-state index in [1.165, 1.54) is 295 Å². The van der Waals surface area contributed by atoms with E-state index in [1.807, 2.05) is 0 Å². The van der Waals surface area contributed by atoms with Gasteiger partial charge < -0.3 is 20.3 Å². The average molecular weight is 1040 g/mol. The summed E-state index contributed by atoms with van der Waals surface area (Å²) in [6.07, 6.45) is 79.5. The van der Waals surface area contributed by atoms with E-state index in [1.54, 1.807) is 0 Å². The molecular formula is C68H131NO5. The standard InChI is InChI=1S/C68H131NO5/c1-3-5-7-9-11-13-40-44-48-52-56-60-66(71)65(64-70)69-67(72)61-57-53-49-45-42-38-36-34-32-30-28-26-24-22-20-18-16-15-17-19-21-23-25-27-29-31-33-35-37-39-43-47-51-55-59-63-74-68(73)62-58-54-50-46-41-14-12-10-8-6-4-2/h17,19,23,25,65-66,70-71H,3-16,18,20-22,24,26-64H2,1-2H3,(H,69,72)/b19-17-,25-23-. The van der Waals surface area contributed by atoms with Gasteiger partial charge in [-0.05, 0) is 57.8 Å². The highest BCUT2D eigenvalue weighted by Crippen LogP contribution is 2.18. The Bertz CT molecular complexity index is 1150. The predicted molar refractivity (Wildman–Crippen MR) is 324 cm³/mol. The quantitative estimate of drug-likeness (QED) is 0.0320. The van der Waals surface area contributed by atoms with Gasteiger partial charge in [0.15, 0.2) is 0 Å². The van der Waals surface area contributed by atoms with Crippen LogP contribution < -0.4 is 5.32 Å². The van der Waals surface area contributed by atoms with Gasteiger partial charge in [-0.3, -0.25) is 9.59 Å². The smallest absolute Gasteiger partial charge is 0.305 e. The van der Waals surface area contributed by atoms with E-state index >= 15 is 0 Å². The molecule has 3 N–H and O–H groups in total. The number of esters is 1. The van der Waals surface area contributed by atoms with Gasteiger partial charge in [0.05, 0.1) is 25.4 Å². The molecule has 0 saturated carbocycles. The summed E-state index contributed by atoms with van der Waals surface area (Å²) in [6, 6.07) is -0.538. The van der Waals surface area contributed by atoms with E-state index in [4.69, 9.17) is 4.74 Å². The maximum Gasteiger partial charge on any atom is 0.305 e. The average Bonchev–Trinajstić information content (AvgIpc) is 3.40. The molecular weight excluding hydrogens is 911 g/mol. The maximum absolute atomic E-state index is 12.5. The number of carbonyl (C=O) groups excluding carboxylic acids is 2. The molecule has 74 heavy (non-hydrogen) atoms. The summed E-state index contributed by atoms with van der Waals surface area (Å²) >= 11 is 0. The molecule has 0 aliphatic carbocycles. The van der Waals surface area contributed by atoms with E-state index in [0.717, 1.165) is 44.9 Å². The molecule has 1 amide bonds. The molecule has 0 aromatic rings. The van der Waals surface area contributed by atoms with E-state index in [0.29, 0.717) is 25.9 Å². The van der Waals surface area contributed by atoms with Crippen LogP contribution in [0.15, 0.2) is 24.3 Å². The molecule has 0 rings (SSSR count). The van der Waals surface area contributed by atoms with Gasteiger partial charge in [-0.15, -0.1) is 0 Å². The van der Waals surface area contributed by atoms with E-state index in [2.05, 4.69) is 43.5 Å². The molecule has 0 spiro atoms. The third kappa shape index (κ3) is 59.6. The summed E-state index contributed by atoms with van der Waals surface area (Å²) in [5.41, 5.74) is 0. The summed E-state index contributed by atoms with van der Waals surface area (Å²) in [5, 5.41) is 23.2. The lowest BCUT2D eigenvalue weighted by Crippen LogP contribution is -2.45. The van der Waals surface area contributed by atoms with Crippen LogP contribution in [0.4, 0.5) is 0 Å². The van der Waals surface area contributed by atoms with Crippen LogP contribution in [0.1, 0.15) is 373 Å². The predicted octanol–water partition coefficient (Wildman–Crippen LogP) is 21.4. The van der Waals surface area contributed by atoms with Gasteiger partial charge in [0, 0.05) is 12.8 Å². The lowest BCUT2D eigenvalue weighted by Gasteiger charge is -2.22. The first-order valence-corrected chi connectivity index (χ1v) is 33.6. The Balaban J connectivity index is 3.35. The number of allylic oxidation sites excluding steroid dienone is 4. The van der Waals surface area contributed by atoms with Gasteiger partial charge in [-0.2, -0.15) is 0 Å². The number of rotatable bonds is 63. The molecule has 438 valence electrons. The Labute approximate surface area is 462 Å². The highest BCUT2D eigenvalue weighted by atomic mass is 16.5. The molecule has 0 bridgehead atoms. The summed E-state index contributed by atoms with van der Waals surface area (Å²) in [4.78, 5) is 24.5. The molecule has 0 radical (unpaired) electrons. The van der Waals surface area contributed by atoms with Crippen LogP contribution >= 0.6 is 0 Å². The lowest BCUT2D eigenvalue weighted by atomic mass is 10.0. The fourth-order valence-corrected chi connectivity index (χ4v) is 10.6. The highest BCUT2D eigenvalue weighted by molar-refractivity contribution is 5.76. The minimum Gasteiger partial charge on any atom is -0.466 e. The summed E-state index contributed by atoms with van der Waals surface area (Å²) in [6.45, 7) is 4.96. The van der Waals surface area contributed by atoms with Crippen molar-refractivity contribution in [2.24, 2.45) is 0 Å². The molecule has 2 unspecified atom stereocenters. The van der Waals surface area contributed by atoms with Crippen LogP contribution in [0, 0.1) is 0 Å². The number of aliphatic hydroxyl groups is 2. The van der Waals surface area contributed by atoms with Crippen molar-refractivity contribution in [3.8, 4) is 0 Å². The minimum absolute atomic E-state index is 0.0168. The van der Waals surface area contributed by atoms with Crippen LogP contribution in [0.25, 0.3) is 0 Å². The summed E-state index contributed by atoms with van der Waals surface area (Å²) in [7, 11) is 0. The summed E-state index contributed by atoms with van der Waals surface area (Å²) < 4.78 is 5.47. The van der Waals surface area contributed by atoms with Crippen molar-refractivity contribution >= 4 is 11.9 Å². The van der Waals surface area contributed by atoms with Gasteiger partial charge in [0.2, 0.25) is 5.91 Å². The second kappa shape index (κ2) is 63.9. The van der Waals surface area contributed by atoms with Crippen LogP contribution in [0.5, 0.6) is 0 Å². The summed E-state index contributed by atoms with van der Waals surface area (Å²) in [5.74, 6) is -0.0152. The van der Waals surface area contributed by atoms with Crippen LogP contribution in [0.3, 0.4) is 0 Å². The Morgan fingerprint density at radius 3 is 1.03 bits per heavy atom. The van der Waals surface area contributed by atoms with Crippen molar-refractivity contribution in [3.63, 3.8) is 0 Å². The van der Waals surface area contributed by atoms with Crippen molar-refractivity contribution < 1.29 is 24.5 Å². The first-order valence-electron chi connectivity index (χ1n) is 33.6. The Hall–Kier alpha value is -1.66. The Morgan fingerprint density at radius 1 is 0.378 bits per heavy atom. The largest absolute Gasteiger partial charge is 0.466 e. The molecule has 0 heterocycles. The number of aliphatic hydroxyl groups excluding tert-OH is 2. The normalized spacial score (nSPS) is 12.6. The van der Waals surface area contributed by atoms with Gasteiger partial charge in [-0.1, -0.05) is 327 Å². The van der Waals surface area contributed by atoms with Crippen molar-refractivity contribution in [1.82, 2.24) is 5.32 Å². The number of ether oxygens (including phenoxy) is 1. The van der Waals surface area contributed by atoms with E-state index in [-0.39, 0.29) is 18.5 Å². The van der Waals surface area contributed by atoms with Crippen molar-refractivity contribution in [3.05, 3.63) is 24.3 Å². The van der Waals surface area contributed by atoms with Gasteiger partial charge in [0.1, 0.15) is 0 Å². The molecule has 0 aromatic heterocycles. The fraction of sp³-hybridized carbons (Fsp3) is 0.912. The van der Waals surface area contributed by atoms with E-state index < -0.39 is 12.1 Å². The SMILES string of the molecule is CCCCCCCCCCCCCC(=O)OCCCCCCCCCCCCC/C=C\C/C=C\CCCCCCCCCCCCCCCCCCCC(=O)NC(CO)C(O)CCCCCCCCCCCCC. The zero-order valence-corrected chi connectivity index (χ0v) is 50.1. The molecule has 0 aliphatic rings. The third-order valence-electron chi connectivity index (χ3n) is 15.8. The van der Waals surface area contributed by atoms with Gasteiger partial charge >= 0.3 is 5.97 Å². The monoisotopic (exact) mass is 1040 g/mol. The fourth-order valence-electron chi connectivity index (χ4n) is 10.6. The molecule has 0 aliphatic heterocycles. The van der Waals surface area contributed by atoms with Crippen LogP contribution in [0.2, 0.25) is 0 Å². The second-order valence-electron chi connectivity index (χ2n) is 23.2. The zero-order chi connectivity index (χ0) is 53.6. The number of unbranched alkanes of at least 4 members (excludes halogenated alkanes) is 48. The van der Waals surface area contributed by atoms with Crippen molar-refractivity contribution in [2.45, 2.75) is 386 Å². The number of carbonyl (C=O) groups is 2. The topological polar surface area (TPSA) is 95.9 Å². The maximum atomic E-state index is 12.5. The number of hydrogen-bond acceptors (Lipinski definition) is 5. The third-order valence-corrected chi connectivity index (χ3v) is 15.8. The van der Waals surface area contributed by atoms with Gasteiger partial charge in [0.25, 0.3) is 0 Å². The molecule has 2 atom stereocenters. The number of hydrogen-bond donors (Lipinski definition) is 3. The zero-order valence-electron chi connectivity index (χ0n) is 50.1.